The van der Waals surface area contributed by atoms with Crippen LogP contribution in [-0.2, 0) is 11.2 Å². The molecule has 2 heterocycles. The number of carbonyl (C=O) groups is 2. The van der Waals surface area contributed by atoms with E-state index in [-0.39, 0.29) is 11.8 Å². The normalized spacial score (nSPS) is 17.2. The number of nitrogens with zero attached hydrogens (tertiary/aromatic N) is 2. The summed E-state index contributed by atoms with van der Waals surface area (Å²) in [4.78, 5) is 30.5. The number of benzene rings is 1. The first-order chi connectivity index (χ1) is 12.5. The summed E-state index contributed by atoms with van der Waals surface area (Å²) in [7, 11) is 0. The van der Waals surface area contributed by atoms with Crippen LogP contribution in [0.25, 0.3) is 0 Å². The van der Waals surface area contributed by atoms with Gasteiger partial charge in [-0.2, -0.15) is 0 Å². The van der Waals surface area contributed by atoms with Gasteiger partial charge in [0.15, 0.2) is 0 Å². The standard InChI is InChI=1S/C20H25N3O2S/c1-14-6-3-4-8-18(14)20(25)23-11-5-7-16(12-23)19-22-17(13-26-19)9-10-21-15(2)24/h3-4,6,8,13,16H,5,7,9-12H2,1-2H3,(H,21,24). The van der Waals surface area contributed by atoms with Gasteiger partial charge in [-0.3, -0.25) is 9.59 Å². The van der Waals surface area contributed by atoms with Crippen molar-refractivity contribution in [2.75, 3.05) is 19.6 Å². The molecule has 6 heteroatoms. The fourth-order valence-electron chi connectivity index (χ4n) is 3.34. The quantitative estimate of drug-likeness (QED) is 0.878. The van der Waals surface area contributed by atoms with Crippen LogP contribution in [0.3, 0.4) is 0 Å². The van der Waals surface area contributed by atoms with Crippen LogP contribution in [-0.4, -0.2) is 41.3 Å². The third-order valence-electron chi connectivity index (χ3n) is 4.76. The Labute approximate surface area is 158 Å². The lowest BCUT2D eigenvalue weighted by Gasteiger charge is -2.32. The van der Waals surface area contributed by atoms with Crippen LogP contribution >= 0.6 is 11.3 Å². The van der Waals surface area contributed by atoms with Gasteiger partial charge >= 0.3 is 0 Å². The number of hydrogen-bond acceptors (Lipinski definition) is 4. The number of nitrogens with one attached hydrogen (secondary N) is 1. The lowest BCUT2D eigenvalue weighted by molar-refractivity contribution is -0.118. The van der Waals surface area contributed by atoms with Crippen molar-refractivity contribution in [2.45, 2.75) is 39.0 Å². The van der Waals surface area contributed by atoms with Crippen LogP contribution in [0.4, 0.5) is 0 Å². The Morgan fingerprint density at radius 2 is 2.15 bits per heavy atom. The number of amides is 2. The molecule has 0 bridgehead atoms. The van der Waals surface area contributed by atoms with Gasteiger partial charge in [-0.05, 0) is 31.4 Å². The van der Waals surface area contributed by atoms with Crippen molar-refractivity contribution < 1.29 is 9.59 Å². The molecule has 1 saturated heterocycles. The van der Waals surface area contributed by atoms with Gasteiger partial charge in [0.05, 0.1) is 10.7 Å². The minimum absolute atomic E-state index is 0.0157. The summed E-state index contributed by atoms with van der Waals surface area (Å²) in [5, 5.41) is 5.97. The molecular weight excluding hydrogens is 346 g/mol. The topological polar surface area (TPSA) is 62.3 Å². The van der Waals surface area contributed by atoms with Crippen LogP contribution in [0.5, 0.6) is 0 Å². The summed E-state index contributed by atoms with van der Waals surface area (Å²) in [6.45, 7) is 5.66. The smallest absolute Gasteiger partial charge is 0.254 e. The van der Waals surface area contributed by atoms with Gasteiger partial charge in [0.1, 0.15) is 0 Å². The van der Waals surface area contributed by atoms with E-state index < -0.39 is 0 Å². The molecule has 0 aliphatic carbocycles. The highest BCUT2D eigenvalue weighted by Crippen LogP contribution is 2.30. The number of thiazole rings is 1. The number of likely N-dealkylation sites (tertiary alicyclic amines) is 1. The highest BCUT2D eigenvalue weighted by molar-refractivity contribution is 7.09. The summed E-state index contributed by atoms with van der Waals surface area (Å²) >= 11 is 1.67. The minimum atomic E-state index is -0.0157. The third-order valence-corrected chi connectivity index (χ3v) is 5.81. The van der Waals surface area contributed by atoms with Gasteiger partial charge < -0.3 is 10.2 Å². The number of aromatic nitrogens is 1. The molecule has 1 aromatic carbocycles. The summed E-state index contributed by atoms with van der Waals surface area (Å²) < 4.78 is 0. The lowest BCUT2D eigenvalue weighted by atomic mass is 9.97. The zero-order chi connectivity index (χ0) is 18.5. The molecule has 0 spiro atoms. The molecule has 138 valence electrons. The average Bonchev–Trinajstić information content (AvgIpc) is 3.10. The molecular formula is C20H25N3O2S. The van der Waals surface area contributed by atoms with Crippen LogP contribution in [0.1, 0.15) is 52.3 Å². The van der Waals surface area contributed by atoms with E-state index in [4.69, 9.17) is 4.98 Å². The Bertz CT molecular complexity index is 787. The van der Waals surface area contributed by atoms with Gasteiger partial charge in [0.2, 0.25) is 5.91 Å². The minimum Gasteiger partial charge on any atom is -0.356 e. The highest BCUT2D eigenvalue weighted by Gasteiger charge is 2.27. The SMILES string of the molecule is CC(=O)NCCc1csc(C2CCCN(C(=O)c3ccccc3C)C2)n1. The fourth-order valence-corrected chi connectivity index (χ4v) is 4.32. The number of rotatable bonds is 5. The molecule has 5 nitrogen and oxygen atoms in total. The Balaban J connectivity index is 1.63. The van der Waals surface area contributed by atoms with E-state index in [1.807, 2.05) is 36.1 Å². The number of piperidine rings is 1. The Morgan fingerprint density at radius 1 is 1.35 bits per heavy atom. The van der Waals surface area contributed by atoms with E-state index >= 15 is 0 Å². The second-order valence-corrected chi connectivity index (χ2v) is 7.70. The Hall–Kier alpha value is -2.21. The van der Waals surface area contributed by atoms with Gasteiger partial charge in [-0.25, -0.2) is 4.98 Å². The fraction of sp³-hybridized carbons (Fsp3) is 0.450. The van der Waals surface area contributed by atoms with Crippen LogP contribution in [0, 0.1) is 6.92 Å². The highest BCUT2D eigenvalue weighted by atomic mass is 32.1. The molecule has 1 unspecified atom stereocenters. The van der Waals surface area contributed by atoms with E-state index in [1.54, 1.807) is 11.3 Å². The summed E-state index contributed by atoms with van der Waals surface area (Å²) in [5.74, 6) is 0.407. The molecule has 2 amide bonds. The molecule has 1 aromatic heterocycles. The van der Waals surface area contributed by atoms with E-state index in [1.165, 1.54) is 6.92 Å². The van der Waals surface area contributed by atoms with Gasteiger partial charge in [-0.15, -0.1) is 11.3 Å². The number of aryl methyl sites for hydroxylation is 1. The van der Waals surface area contributed by atoms with E-state index in [9.17, 15) is 9.59 Å². The predicted octanol–water partition coefficient (Wildman–Crippen LogP) is 3.15. The van der Waals surface area contributed by atoms with Gasteiger partial charge in [0, 0.05) is 49.8 Å². The van der Waals surface area contributed by atoms with E-state index in [2.05, 4.69) is 10.7 Å². The van der Waals surface area contributed by atoms with Crippen molar-refractivity contribution in [1.29, 1.82) is 0 Å². The molecule has 0 radical (unpaired) electrons. The third kappa shape index (κ3) is 4.49. The molecule has 1 N–H and O–H groups in total. The molecule has 2 aromatic rings. The molecule has 0 saturated carbocycles. The maximum Gasteiger partial charge on any atom is 0.254 e. The van der Waals surface area contributed by atoms with Gasteiger partial charge in [0.25, 0.3) is 5.91 Å². The number of hydrogen-bond donors (Lipinski definition) is 1. The first-order valence-electron chi connectivity index (χ1n) is 9.08. The van der Waals surface area contributed by atoms with E-state index in [0.717, 1.165) is 54.2 Å². The average molecular weight is 372 g/mol. The van der Waals surface area contributed by atoms with Crippen molar-refractivity contribution in [3.63, 3.8) is 0 Å². The maximum atomic E-state index is 12.9. The molecule has 3 rings (SSSR count). The van der Waals surface area contributed by atoms with Crippen LogP contribution in [0.15, 0.2) is 29.6 Å². The first-order valence-corrected chi connectivity index (χ1v) is 9.96. The molecule has 26 heavy (non-hydrogen) atoms. The summed E-state index contributed by atoms with van der Waals surface area (Å²) in [5.41, 5.74) is 2.83. The maximum absolute atomic E-state index is 12.9. The number of carbonyl (C=O) groups excluding carboxylic acids is 2. The molecule has 1 fully saturated rings. The lowest BCUT2D eigenvalue weighted by Crippen LogP contribution is -2.39. The van der Waals surface area contributed by atoms with Crippen molar-refractivity contribution in [3.05, 3.63) is 51.5 Å². The van der Waals surface area contributed by atoms with Crippen LogP contribution in [0.2, 0.25) is 0 Å². The first kappa shape index (κ1) is 18.6. The van der Waals surface area contributed by atoms with Crippen molar-refractivity contribution in [2.24, 2.45) is 0 Å². The Kier molecular flexibility index (Phi) is 6.04. The Morgan fingerprint density at radius 3 is 2.92 bits per heavy atom. The molecule has 1 atom stereocenters. The van der Waals surface area contributed by atoms with Crippen LogP contribution < -0.4 is 5.32 Å². The molecule has 1 aliphatic heterocycles. The van der Waals surface area contributed by atoms with Crippen molar-refractivity contribution in [1.82, 2.24) is 15.2 Å². The summed E-state index contributed by atoms with van der Waals surface area (Å²) in [6.07, 6.45) is 2.81. The van der Waals surface area contributed by atoms with Crippen molar-refractivity contribution >= 4 is 23.2 Å². The zero-order valence-electron chi connectivity index (χ0n) is 15.3. The van der Waals surface area contributed by atoms with Gasteiger partial charge in [-0.1, -0.05) is 18.2 Å². The predicted molar refractivity (Wildman–Crippen MR) is 104 cm³/mol. The summed E-state index contributed by atoms with van der Waals surface area (Å²) in [6, 6.07) is 7.77. The van der Waals surface area contributed by atoms with E-state index in [0.29, 0.717) is 12.5 Å². The zero-order valence-corrected chi connectivity index (χ0v) is 16.1. The monoisotopic (exact) mass is 371 g/mol. The largest absolute Gasteiger partial charge is 0.356 e. The second kappa shape index (κ2) is 8.45. The molecule has 1 aliphatic rings. The van der Waals surface area contributed by atoms with Crippen molar-refractivity contribution in [3.8, 4) is 0 Å². The second-order valence-electron chi connectivity index (χ2n) is 6.82.